The molecular formula is C4H13Br3O. The summed E-state index contributed by atoms with van der Waals surface area (Å²) in [5.74, 6) is 0.440. The minimum atomic E-state index is 0. The van der Waals surface area contributed by atoms with Crippen molar-refractivity contribution in [3.63, 3.8) is 0 Å². The third kappa shape index (κ3) is 26.2. The van der Waals surface area contributed by atoms with Crippen molar-refractivity contribution in [2.45, 2.75) is 13.8 Å². The largest absolute Gasteiger partial charge is 0.396 e. The molecule has 0 aromatic rings. The lowest BCUT2D eigenvalue weighted by Gasteiger charge is -1.90. The van der Waals surface area contributed by atoms with Crippen LogP contribution in [0.4, 0.5) is 0 Å². The van der Waals surface area contributed by atoms with Gasteiger partial charge in [-0.15, -0.1) is 50.9 Å². The van der Waals surface area contributed by atoms with Gasteiger partial charge in [0.25, 0.3) is 0 Å². The van der Waals surface area contributed by atoms with Crippen molar-refractivity contribution in [3.8, 4) is 0 Å². The normalized spacial score (nSPS) is 6.00. The van der Waals surface area contributed by atoms with Crippen LogP contribution in [0.15, 0.2) is 0 Å². The van der Waals surface area contributed by atoms with E-state index in [4.69, 9.17) is 5.11 Å². The molecule has 0 heterocycles. The van der Waals surface area contributed by atoms with Crippen molar-refractivity contribution in [2.75, 3.05) is 6.61 Å². The maximum Gasteiger partial charge on any atom is 0.0453 e. The molecule has 0 aliphatic rings. The standard InChI is InChI=1S/C4H10O.3BrH/c1-4(2)3-5;;;/h4-5H,3H2,1-2H3;3*1H. The lowest BCUT2D eigenvalue weighted by molar-refractivity contribution is 0.248. The van der Waals surface area contributed by atoms with Gasteiger partial charge in [-0.2, -0.15) is 0 Å². The summed E-state index contributed by atoms with van der Waals surface area (Å²) in [5, 5.41) is 8.14. The molecule has 0 saturated carbocycles. The summed E-state index contributed by atoms with van der Waals surface area (Å²) in [7, 11) is 0. The molecule has 56 valence electrons. The molecule has 1 nitrogen and oxygen atoms in total. The molecule has 0 radical (unpaired) electrons. The second-order valence-electron chi connectivity index (χ2n) is 1.58. The predicted molar refractivity (Wildman–Crippen MR) is 52.9 cm³/mol. The van der Waals surface area contributed by atoms with Gasteiger partial charge in [-0.25, -0.2) is 0 Å². The van der Waals surface area contributed by atoms with Gasteiger partial charge in [0.15, 0.2) is 0 Å². The van der Waals surface area contributed by atoms with Crippen molar-refractivity contribution < 1.29 is 5.11 Å². The van der Waals surface area contributed by atoms with Crippen LogP contribution in [0.25, 0.3) is 0 Å². The Morgan fingerprint density at radius 2 is 1.25 bits per heavy atom. The first-order valence-electron chi connectivity index (χ1n) is 1.88. The van der Waals surface area contributed by atoms with Crippen LogP contribution in [0.5, 0.6) is 0 Å². The molecule has 0 amide bonds. The monoisotopic (exact) mass is 314 g/mol. The van der Waals surface area contributed by atoms with E-state index in [0.29, 0.717) is 12.5 Å². The summed E-state index contributed by atoms with van der Waals surface area (Å²) in [4.78, 5) is 0. The molecule has 1 N–H and O–H groups in total. The van der Waals surface area contributed by atoms with E-state index in [1.165, 1.54) is 0 Å². The fraction of sp³-hybridized carbons (Fsp3) is 1.00. The zero-order chi connectivity index (χ0) is 4.28. The molecule has 0 aliphatic carbocycles. The minimum absolute atomic E-state index is 0. The van der Waals surface area contributed by atoms with Crippen molar-refractivity contribution in [3.05, 3.63) is 0 Å². The molecule has 0 bridgehead atoms. The van der Waals surface area contributed by atoms with Crippen LogP contribution in [-0.4, -0.2) is 11.7 Å². The van der Waals surface area contributed by atoms with Crippen molar-refractivity contribution >= 4 is 50.9 Å². The molecule has 0 aromatic heterocycles. The molecule has 0 aliphatic heterocycles. The number of aliphatic hydroxyl groups is 1. The van der Waals surface area contributed by atoms with Gasteiger partial charge in [0, 0.05) is 6.61 Å². The van der Waals surface area contributed by atoms with Crippen LogP contribution < -0.4 is 0 Å². The van der Waals surface area contributed by atoms with Gasteiger partial charge in [-0.1, -0.05) is 13.8 Å². The van der Waals surface area contributed by atoms with E-state index in [1.54, 1.807) is 0 Å². The van der Waals surface area contributed by atoms with E-state index in [0.717, 1.165) is 0 Å². The van der Waals surface area contributed by atoms with Crippen LogP contribution >= 0.6 is 50.9 Å². The first kappa shape index (κ1) is 22.7. The first-order chi connectivity index (χ1) is 2.27. The quantitative estimate of drug-likeness (QED) is 0.787. The van der Waals surface area contributed by atoms with Crippen LogP contribution in [0.3, 0.4) is 0 Å². The SMILES string of the molecule is Br.Br.Br.CC(C)CO. The Balaban J connectivity index is -0.0000000267. The van der Waals surface area contributed by atoms with E-state index in [2.05, 4.69) is 0 Å². The van der Waals surface area contributed by atoms with E-state index < -0.39 is 0 Å². The number of halogens is 3. The Hall–Kier alpha value is 1.40. The lowest BCUT2D eigenvalue weighted by atomic mass is 10.2. The van der Waals surface area contributed by atoms with Crippen molar-refractivity contribution in [2.24, 2.45) is 5.92 Å². The summed E-state index contributed by atoms with van der Waals surface area (Å²) < 4.78 is 0. The molecule has 0 unspecified atom stereocenters. The smallest absolute Gasteiger partial charge is 0.0453 e. The maximum absolute atomic E-state index is 8.14. The predicted octanol–water partition coefficient (Wildman–Crippen LogP) is 2.37. The highest BCUT2D eigenvalue weighted by Gasteiger charge is 1.81. The van der Waals surface area contributed by atoms with Crippen LogP contribution in [0, 0.1) is 5.92 Å². The van der Waals surface area contributed by atoms with E-state index >= 15 is 0 Å². The summed E-state index contributed by atoms with van der Waals surface area (Å²) in [5.41, 5.74) is 0. The molecule has 0 spiro atoms. The van der Waals surface area contributed by atoms with Gasteiger partial charge in [0.1, 0.15) is 0 Å². The Morgan fingerprint density at radius 1 is 1.12 bits per heavy atom. The van der Waals surface area contributed by atoms with E-state index in [1.807, 2.05) is 13.8 Å². The summed E-state index contributed by atoms with van der Waals surface area (Å²) in [6, 6.07) is 0. The minimum Gasteiger partial charge on any atom is -0.396 e. The molecule has 0 fully saturated rings. The van der Waals surface area contributed by atoms with Gasteiger partial charge >= 0.3 is 0 Å². The Kier molecular flexibility index (Phi) is 44.9. The second-order valence-corrected chi connectivity index (χ2v) is 1.58. The lowest BCUT2D eigenvalue weighted by Crippen LogP contribution is -1.90. The molecular weight excluding hydrogens is 304 g/mol. The van der Waals surface area contributed by atoms with Gasteiger partial charge in [-0.05, 0) is 5.92 Å². The first-order valence-corrected chi connectivity index (χ1v) is 1.88. The van der Waals surface area contributed by atoms with Crippen LogP contribution in [-0.2, 0) is 0 Å². The van der Waals surface area contributed by atoms with Gasteiger partial charge < -0.3 is 5.11 Å². The second kappa shape index (κ2) is 15.8. The molecule has 0 saturated heterocycles. The fourth-order valence-electron chi connectivity index (χ4n) is 0. The fourth-order valence-corrected chi connectivity index (χ4v) is 0. The molecule has 0 rings (SSSR count). The number of hydrogen-bond acceptors (Lipinski definition) is 1. The van der Waals surface area contributed by atoms with E-state index in [9.17, 15) is 0 Å². The highest BCUT2D eigenvalue weighted by molar-refractivity contribution is 8.93. The Morgan fingerprint density at radius 3 is 1.25 bits per heavy atom. The average Bonchev–Trinajstić information content (AvgIpc) is 1.38. The zero-order valence-electron chi connectivity index (χ0n) is 4.96. The molecule has 8 heavy (non-hydrogen) atoms. The Bertz CT molecular complexity index is 25.2. The third-order valence-electron chi connectivity index (χ3n) is 0.365. The summed E-state index contributed by atoms with van der Waals surface area (Å²) in [6.07, 6.45) is 0. The summed E-state index contributed by atoms with van der Waals surface area (Å²) in [6.45, 7) is 4.25. The zero-order valence-corrected chi connectivity index (χ0v) is 10.1. The molecule has 4 heteroatoms. The van der Waals surface area contributed by atoms with Crippen LogP contribution in [0.2, 0.25) is 0 Å². The number of hydrogen-bond donors (Lipinski definition) is 1. The topological polar surface area (TPSA) is 20.2 Å². The summed E-state index contributed by atoms with van der Waals surface area (Å²) >= 11 is 0. The van der Waals surface area contributed by atoms with Gasteiger partial charge in [-0.3, -0.25) is 0 Å². The molecule has 0 aromatic carbocycles. The Labute approximate surface area is 82.2 Å². The highest BCUT2D eigenvalue weighted by Crippen LogP contribution is 1.83. The number of aliphatic hydroxyl groups excluding tert-OH is 1. The van der Waals surface area contributed by atoms with Gasteiger partial charge in [0.05, 0.1) is 0 Å². The van der Waals surface area contributed by atoms with Crippen molar-refractivity contribution in [1.29, 1.82) is 0 Å². The highest BCUT2D eigenvalue weighted by atomic mass is 79.9. The molecule has 0 atom stereocenters. The number of rotatable bonds is 1. The van der Waals surface area contributed by atoms with E-state index in [-0.39, 0.29) is 50.9 Å². The van der Waals surface area contributed by atoms with Crippen molar-refractivity contribution in [1.82, 2.24) is 0 Å². The third-order valence-corrected chi connectivity index (χ3v) is 0.365. The maximum atomic E-state index is 8.14. The average molecular weight is 317 g/mol. The van der Waals surface area contributed by atoms with Gasteiger partial charge in [0.2, 0.25) is 0 Å². The van der Waals surface area contributed by atoms with Crippen LogP contribution in [0.1, 0.15) is 13.8 Å².